The van der Waals surface area contributed by atoms with Gasteiger partial charge in [-0.25, -0.2) is 4.57 Å². The predicted molar refractivity (Wildman–Crippen MR) is 229 cm³/mol. The van der Waals surface area contributed by atoms with E-state index in [9.17, 15) is 23.8 Å². The molecule has 0 aliphatic rings. The second kappa shape index (κ2) is 40.1. The summed E-state index contributed by atoms with van der Waals surface area (Å²) < 4.78 is 32.5. The second-order valence-corrected chi connectivity index (χ2v) is 15.0. The van der Waals surface area contributed by atoms with Crippen molar-refractivity contribution in [1.29, 1.82) is 0 Å². The number of hydrogen-bond acceptors (Lipinski definition) is 9. The van der Waals surface area contributed by atoms with Crippen LogP contribution in [0.4, 0.5) is 0 Å². The highest BCUT2D eigenvalue weighted by atomic mass is 31.2. The number of carbonyl (C=O) groups excluding carboxylic acids is 3. The molecule has 3 N–H and O–H groups in total. The maximum absolute atomic E-state index is 12.6. The van der Waals surface area contributed by atoms with E-state index in [1.807, 2.05) is 12.2 Å². The first-order chi connectivity index (χ1) is 27.2. The summed E-state index contributed by atoms with van der Waals surface area (Å²) in [7, 11) is -4.44. The summed E-state index contributed by atoms with van der Waals surface area (Å²) in [5.41, 5.74) is 5.33. The lowest BCUT2D eigenvalue weighted by atomic mass is 10.1. The molecule has 11 heteroatoms. The summed E-state index contributed by atoms with van der Waals surface area (Å²) in [4.78, 5) is 47.0. The van der Waals surface area contributed by atoms with Gasteiger partial charge in [-0.15, -0.1) is 0 Å². The zero-order valence-corrected chi connectivity index (χ0v) is 35.5. The normalized spacial score (nSPS) is 14.1. The molecule has 0 aliphatic carbocycles. The number of carbonyl (C=O) groups is 3. The van der Waals surface area contributed by atoms with Gasteiger partial charge >= 0.3 is 19.8 Å². The first kappa shape index (κ1) is 52.9. The van der Waals surface area contributed by atoms with Gasteiger partial charge in [-0.05, 0) is 83.1 Å². The van der Waals surface area contributed by atoms with Gasteiger partial charge in [0.25, 0.3) is 0 Å². The van der Waals surface area contributed by atoms with E-state index in [-0.39, 0.29) is 51.2 Å². The van der Waals surface area contributed by atoms with Crippen LogP contribution < -0.4 is 5.73 Å². The molecule has 2 atom stereocenters. The fourth-order valence-corrected chi connectivity index (χ4v) is 5.83. The number of esters is 2. The van der Waals surface area contributed by atoms with Crippen molar-refractivity contribution in [3.63, 3.8) is 0 Å². The monoisotopic (exact) mass is 804 g/mol. The molecule has 0 aromatic rings. The average molecular weight is 804 g/mol. The molecule has 0 rings (SSSR count). The van der Waals surface area contributed by atoms with Gasteiger partial charge in [0.05, 0.1) is 13.2 Å². The molecule has 1 unspecified atom stereocenters. The maximum Gasteiger partial charge on any atom is 0.472 e. The highest BCUT2D eigenvalue weighted by Gasteiger charge is 2.26. The molecular formula is C45H74NO9P. The van der Waals surface area contributed by atoms with Crippen molar-refractivity contribution in [3.05, 3.63) is 85.1 Å². The molecule has 0 radical (unpaired) electrons. The summed E-state index contributed by atoms with van der Waals surface area (Å²) >= 11 is 0. The van der Waals surface area contributed by atoms with Crippen molar-refractivity contribution >= 4 is 25.5 Å². The van der Waals surface area contributed by atoms with E-state index in [1.54, 1.807) is 6.08 Å². The lowest BCUT2D eigenvalue weighted by Gasteiger charge is -2.19. The molecule has 0 aromatic carbocycles. The van der Waals surface area contributed by atoms with Crippen molar-refractivity contribution in [1.82, 2.24) is 0 Å². The van der Waals surface area contributed by atoms with Crippen LogP contribution >= 0.6 is 7.82 Å². The first-order valence-corrected chi connectivity index (χ1v) is 22.5. The van der Waals surface area contributed by atoms with Crippen molar-refractivity contribution in [2.24, 2.45) is 5.73 Å². The number of ether oxygens (including phenoxy) is 2. The minimum atomic E-state index is -4.44. The van der Waals surface area contributed by atoms with E-state index in [0.717, 1.165) is 64.2 Å². The van der Waals surface area contributed by atoms with Crippen LogP contribution in [0.1, 0.15) is 149 Å². The molecule has 318 valence electrons. The zero-order chi connectivity index (χ0) is 41.2. The number of ketones is 1. The van der Waals surface area contributed by atoms with Crippen molar-refractivity contribution < 1.29 is 42.4 Å². The average Bonchev–Trinajstić information content (AvgIpc) is 3.18. The molecule has 0 saturated carbocycles. The maximum atomic E-state index is 12.6. The van der Waals surface area contributed by atoms with Crippen LogP contribution in [0.3, 0.4) is 0 Å². The van der Waals surface area contributed by atoms with Crippen molar-refractivity contribution in [2.75, 3.05) is 26.4 Å². The van der Waals surface area contributed by atoms with Crippen LogP contribution in [0.15, 0.2) is 85.1 Å². The zero-order valence-electron chi connectivity index (χ0n) is 34.6. The van der Waals surface area contributed by atoms with E-state index in [4.69, 9.17) is 24.3 Å². The van der Waals surface area contributed by atoms with E-state index in [2.05, 4.69) is 74.6 Å². The summed E-state index contributed by atoms with van der Waals surface area (Å²) in [6, 6.07) is 0. The van der Waals surface area contributed by atoms with Crippen LogP contribution in [0.25, 0.3) is 0 Å². The Morgan fingerprint density at radius 3 is 1.68 bits per heavy atom. The van der Waals surface area contributed by atoms with Gasteiger partial charge in [-0.1, -0.05) is 131 Å². The molecule has 0 bridgehead atoms. The van der Waals surface area contributed by atoms with Gasteiger partial charge in [0, 0.05) is 25.8 Å². The number of phosphoric acid groups is 1. The van der Waals surface area contributed by atoms with Crippen LogP contribution in [-0.4, -0.2) is 55.1 Å². The molecule has 0 amide bonds. The second-order valence-electron chi connectivity index (χ2n) is 13.5. The Kier molecular flexibility index (Phi) is 37.8. The van der Waals surface area contributed by atoms with Crippen LogP contribution in [0, 0.1) is 0 Å². The minimum Gasteiger partial charge on any atom is -0.462 e. The third-order valence-electron chi connectivity index (χ3n) is 8.23. The van der Waals surface area contributed by atoms with Gasteiger partial charge in [-0.3, -0.25) is 23.4 Å². The SMILES string of the molecule is CCCCC/C=C\C/C=C\C/C=C\C=C\C(=O)CCCC(=O)OC[C@H](COP(=O)(O)OCCN)OC(=O)CCCCCC/C=C\C/C=C\C/C=C\CCCCC. The summed E-state index contributed by atoms with van der Waals surface area (Å²) in [5.74, 6) is -1.23. The Hall–Kier alpha value is -3.14. The molecule has 56 heavy (non-hydrogen) atoms. The third-order valence-corrected chi connectivity index (χ3v) is 9.21. The van der Waals surface area contributed by atoms with Gasteiger partial charge in [-0.2, -0.15) is 0 Å². The highest BCUT2D eigenvalue weighted by molar-refractivity contribution is 7.47. The largest absolute Gasteiger partial charge is 0.472 e. The van der Waals surface area contributed by atoms with Gasteiger partial charge in [0.15, 0.2) is 11.9 Å². The minimum absolute atomic E-state index is 0.0130. The Labute approximate surface area is 339 Å². The van der Waals surface area contributed by atoms with Gasteiger partial charge in [0.1, 0.15) is 6.61 Å². The predicted octanol–water partition coefficient (Wildman–Crippen LogP) is 11.2. The van der Waals surface area contributed by atoms with E-state index < -0.39 is 32.5 Å². The summed E-state index contributed by atoms with van der Waals surface area (Å²) in [5, 5.41) is 0. The molecule has 0 spiro atoms. The summed E-state index contributed by atoms with van der Waals surface area (Å²) in [6.07, 6.45) is 46.1. The molecule has 0 aromatic heterocycles. The Morgan fingerprint density at radius 2 is 1.11 bits per heavy atom. The Morgan fingerprint density at radius 1 is 0.589 bits per heavy atom. The molecule has 10 nitrogen and oxygen atoms in total. The topological polar surface area (TPSA) is 151 Å². The number of hydrogen-bond donors (Lipinski definition) is 2. The Bertz CT molecular complexity index is 1250. The molecule has 0 aliphatic heterocycles. The number of rotatable bonds is 38. The smallest absolute Gasteiger partial charge is 0.462 e. The van der Waals surface area contributed by atoms with Crippen LogP contribution in [0.5, 0.6) is 0 Å². The van der Waals surface area contributed by atoms with Crippen molar-refractivity contribution in [3.8, 4) is 0 Å². The molecular weight excluding hydrogens is 729 g/mol. The van der Waals surface area contributed by atoms with Crippen LogP contribution in [-0.2, 0) is 37.5 Å². The molecule has 0 saturated heterocycles. The number of allylic oxidation sites excluding steroid dienone is 14. The fourth-order valence-electron chi connectivity index (χ4n) is 5.06. The number of unbranched alkanes of at least 4 members (excludes halogenated alkanes) is 10. The molecule has 0 fully saturated rings. The lowest BCUT2D eigenvalue weighted by Crippen LogP contribution is -2.29. The standard InChI is InChI=1S/C45H74NO9P/c1-3-5-7-9-11-13-15-17-18-19-20-22-24-26-28-30-32-36-45(49)55-43(41-54-56(50,51)53-39-38-46)40-52-44(48)37-33-35-42(47)34-31-29-27-25-23-21-16-14-12-10-8-6-4-2/h11-14,17-18,20-23,27,29,31,34,43H,3-10,15-16,19,24-26,28,30,32-33,35-41,46H2,1-2H3,(H,50,51)/b13-11-,14-12-,18-17-,22-20-,23-21-,29-27-,34-31+/t43-/m1/s1. The molecule has 0 heterocycles. The first-order valence-electron chi connectivity index (χ1n) is 21.0. The van der Waals surface area contributed by atoms with Crippen molar-refractivity contribution in [2.45, 2.75) is 155 Å². The number of nitrogens with two attached hydrogens (primary N) is 1. The third kappa shape index (κ3) is 39.1. The highest BCUT2D eigenvalue weighted by Crippen LogP contribution is 2.43. The lowest BCUT2D eigenvalue weighted by molar-refractivity contribution is -0.161. The quantitative estimate of drug-likeness (QED) is 0.0154. The van der Waals surface area contributed by atoms with E-state index >= 15 is 0 Å². The van der Waals surface area contributed by atoms with E-state index in [0.29, 0.717) is 6.42 Å². The van der Waals surface area contributed by atoms with Crippen LogP contribution in [0.2, 0.25) is 0 Å². The Balaban J connectivity index is 4.44. The fraction of sp³-hybridized carbons (Fsp3) is 0.622. The van der Waals surface area contributed by atoms with Gasteiger partial charge in [0.2, 0.25) is 0 Å². The van der Waals surface area contributed by atoms with E-state index in [1.165, 1.54) is 44.6 Å². The summed E-state index contributed by atoms with van der Waals surface area (Å²) in [6.45, 7) is 3.34. The number of phosphoric ester groups is 1. The van der Waals surface area contributed by atoms with Gasteiger partial charge < -0.3 is 20.1 Å².